The molecule has 5 heteroatoms. The topological polar surface area (TPSA) is 59.5 Å². The van der Waals surface area contributed by atoms with Crippen molar-refractivity contribution in [2.45, 2.75) is 20.8 Å². The molecule has 5 nitrogen and oxygen atoms in total. The molecule has 0 unspecified atom stereocenters. The Balaban J connectivity index is 1.68. The Morgan fingerprint density at radius 2 is 1.96 bits per heavy atom. The van der Waals surface area contributed by atoms with Crippen LogP contribution in [-0.2, 0) is 0 Å². The van der Waals surface area contributed by atoms with E-state index in [4.69, 9.17) is 4.42 Å². The van der Waals surface area contributed by atoms with Gasteiger partial charge in [-0.25, -0.2) is 4.98 Å². The molecule has 0 spiro atoms. The number of fused-ring (bicyclic) bond motifs is 1. The molecule has 3 heterocycles. The highest BCUT2D eigenvalue weighted by Gasteiger charge is 2.15. The highest BCUT2D eigenvalue weighted by Crippen LogP contribution is 2.26. The Kier molecular flexibility index (Phi) is 3.84. The van der Waals surface area contributed by atoms with Crippen LogP contribution in [0.25, 0.3) is 16.9 Å². The number of hydrogen-bond acceptors (Lipinski definition) is 3. The molecule has 0 bridgehead atoms. The molecule has 26 heavy (non-hydrogen) atoms. The van der Waals surface area contributed by atoms with Gasteiger partial charge in [0.1, 0.15) is 17.2 Å². The molecular formula is C21H19N3O2. The molecule has 0 atom stereocenters. The average molecular weight is 345 g/mol. The first kappa shape index (κ1) is 16.1. The van der Waals surface area contributed by atoms with Crippen LogP contribution in [0.3, 0.4) is 0 Å². The number of imidazole rings is 1. The molecule has 0 aliphatic rings. The number of rotatable bonds is 3. The molecule has 130 valence electrons. The van der Waals surface area contributed by atoms with Gasteiger partial charge in [0.15, 0.2) is 0 Å². The Hall–Kier alpha value is -3.34. The summed E-state index contributed by atoms with van der Waals surface area (Å²) >= 11 is 0. The maximum Gasteiger partial charge on any atom is 0.259 e. The third kappa shape index (κ3) is 2.88. The van der Waals surface area contributed by atoms with Gasteiger partial charge in [-0.2, -0.15) is 0 Å². The first-order valence-electron chi connectivity index (χ1n) is 8.44. The summed E-state index contributed by atoms with van der Waals surface area (Å²) in [4.78, 5) is 17.2. The first-order valence-corrected chi connectivity index (χ1v) is 8.44. The number of pyridine rings is 1. The molecule has 0 aliphatic carbocycles. The van der Waals surface area contributed by atoms with E-state index in [-0.39, 0.29) is 5.91 Å². The van der Waals surface area contributed by atoms with E-state index in [9.17, 15) is 4.79 Å². The fourth-order valence-corrected chi connectivity index (χ4v) is 3.04. The van der Waals surface area contributed by atoms with Crippen LogP contribution in [0.1, 0.15) is 27.4 Å². The summed E-state index contributed by atoms with van der Waals surface area (Å²) < 4.78 is 7.43. The number of carbonyl (C=O) groups is 1. The predicted octanol–water partition coefficient (Wildman–Crippen LogP) is 4.77. The van der Waals surface area contributed by atoms with Crippen molar-refractivity contribution in [3.63, 3.8) is 0 Å². The second-order valence-electron chi connectivity index (χ2n) is 6.40. The number of aryl methyl sites for hydroxylation is 3. The van der Waals surface area contributed by atoms with Gasteiger partial charge in [-0.3, -0.25) is 4.79 Å². The number of anilines is 1. The maximum absolute atomic E-state index is 12.6. The summed E-state index contributed by atoms with van der Waals surface area (Å²) in [7, 11) is 0. The van der Waals surface area contributed by atoms with Crippen LogP contribution in [0.15, 0.2) is 59.3 Å². The van der Waals surface area contributed by atoms with Gasteiger partial charge in [0.05, 0.1) is 11.3 Å². The average Bonchev–Trinajstić information content (AvgIpc) is 3.19. The van der Waals surface area contributed by atoms with Gasteiger partial charge in [-0.05, 0) is 50.6 Å². The van der Waals surface area contributed by atoms with Crippen molar-refractivity contribution in [2.24, 2.45) is 0 Å². The highest BCUT2D eigenvalue weighted by atomic mass is 16.3. The van der Waals surface area contributed by atoms with Crippen LogP contribution in [0, 0.1) is 20.8 Å². The monoisotopic (exact) mass is 345 g/mol. The molecule has 0 saturated carbocycles. The minimum Gasteiger partial charge on any atom is -0.466 e. The number of carbonyl (C=O) groups excluding carboxylic acids is 1. The number of benzene rings is 1. The zero-order chi connectivity index (χ0) is 18.3. The van der Waals surface area contributed by atoms with E-state index >= 15 is 0 Å². The van der Waals surface area contributed by atoms with E-state index in [0.29, 0.717) is 11.3 Å². The zero-order valence-corrected chi connectivity index (χ0v) is 14.9. The molecule has 1 N–H and O–H groups in total. The number of amides is 1. The fraction of sp³-hybridized carbons (Fsp3) is 0.143. The normalized spacial score (nSPS) is 11.0. The standard InChI is InChI=1S/C21H19N3O2/c1-13-7-8-16(19-12-24-9-5-4-6-20(24)22-19)11-18(13)23-21(25)17-10-14(2)26-15(17)3/h4-12H,1-3H3,(H,23,25). The van der Waals surface area contributed by atoms with E-state index < -0.39 is 0 Å². The van der Waals surface area contributed by atoms with Gasteiger partial charge in [0.2, 0.25) is 0 Å². The number of hydrogen-bond donors (Lipinski definition) is 1. The Labute approximate surface area is 151 Å². The Bertz CT molecular complexity index is 1090. The van der Waals surface area contributed by atoms with E-state index in [2.05, 4.69) is 10.3 Å². The third-order valence-corrected chi connectivity index (χ3v) is 4.43. The summed E-state index contributed by atoms with van der Waals surface area (Å²) in [6.07, 6.45) is 3.95. The summed E-state index contributed by atoms with van der Waals surface area (Å²) in [5, 5.41) is 2.99. The number of furan rings is 1. The molecule has 1 amide bonds. The largest absolute Gasteiger partial charge is 0.466 e. The summed E-state index contributed by atoms with van der Waals surface area (Å²) in [6.45, 7) is 5.59. The predicted molar refractivity (Wildman–Crippen MR) is 102 cm³/mol. The Morgan fingerprint density at radius 1 is 1.12 bits per heavy atom. The number of aromatic nitrogens is 2. The van der Waals surface area contributed by atoms with Gasteiger partial charge in [-0.1, -0.05) is 18.2 Å². The van der Waals surface area contributed by atoms with Crippen LogP contribution in [0.2, 0.25) is 0 Å². The summed E-state index contributed by atoms with van der Waals surface area (Å²) in [5.41, 5.74) is 5.02. The lowest BCUT2D eigenvalue weighted by Crippen LogP contribution is -2.13. The van der Waals surface area contributed by atoms with E-state index in [1.807, 2.05) is 67.0 Å². The minimum absolute atomic E-state index is 0.172. The molecule has 1 aromatic carbocycles. The van der Waals surface area contributed by atoms with Crippen LogP contribution in [-0.4, -0.2) is 15.3 Å². The van der Waals surface area contributed by atoms with Gasteiger partial charge >= 0.3 is 0 Å². The molecule has 4 aromatic rings. The lowest BCUT2D eigenvalue weighted by molar-refractivity contribution is 0.102. The minimum atomic E-state index is -0.172. The van der Waals surface area contributed by atoms with Crippen molar-refractivity contribution < 1.29 is 9.21 Å². The van der Waals surface area contributed by atoms with Crippen LogP contribution in [0.5, 0.6) is 0 Å². The van der Waals surface area contributed by atoms with Crippen molar-refractivity contribution in [1.29, 1.82) is 0 Å². The van der Waals surface area contributed by atoms with Gasteiger partial charge < -0.3 is 14.1 Å². The summed E-state index contributed by atoms with van der Waals surface area (Å²) in [6, 6.07) is 13.6. The first-order chi connectivity index (χ1) is 12.5. The second kappa shape index (κ2) is 6.19. The number of nitrogens with zero attached hydrogens (tertiary/aromatic N) is 2. The quantitative estimate of drug-likeness (QED) is 0.582. The molecule has 0 saturated heterocycles. The second-order valence-corrected chi connectivity index (χ2v) is 6.40. The van der Waals surface area contributed by atoms with Crippen molar-refractivity contribution in [1.82, 2.24) is 9.38 Å². The highest BCUT2D eigenvalue weighted by molar-refractivity contribution is 6.05. The van der Waals surface area contributed by atoms with Gasteiger partial charge in [0.25, 0.3) is 5.91 Å². The van der Waals surface area contributed by atoms with Crippen molar-refractivity contribution in [3.05, 3.63) is 77.5 Å². The van der Waals surface area contributed by atoms with E-state index in [0.717, 1.165) is 33.9 Å². The SMILES string of the molecule is Cc1cc(C(=O)Nc2cc(-c3cn4ccccc4n3)ccc2C)c(C)o1. The molecule has 0 fully saturated rings. The zero-order valence-electron chi connectivity index (χ0n) is 14.9. The van der Waals surface area contributed by atoms with Crippen LogP contribution in [0.4, 0.5) is 5.69 Å². The molecule has 3 aromatic heterocycles. The number of nitrogens with one attached hydrogen (secondary N) is 1. The van der Waals surface area contributed by atoms with Crippen molar-refractivity contribution in [2.75, 3.05) is 5.32 Å². The molecular weight excluding hydrogens is 326 g/mol. The fourth-order valence-electron chi connectivity index (χ4n) is 3.04. The van der Waals surface area contributed by atoms with E-state index in [1.165, 1.54) is 0 Å². The van der Waals surface area contributed by atoms with E-state index in [1.54, 1.807) is 13.0 Å². The van der Waals surface area contributed by atoms with Crippen LogP contribution < -0.4 is 5.32 Å². The Morgan fingerprint density at radius 3 is 2.69 bits per heavy atom. The van der Waals surface area contributed by atoms with Gasteiger partial charge in [-0.15, -0.1) is 0 Å². The summed E-state index contributed by atoms with van der Waals surface area (Å²) in [5.74, 6) is 1.17. The smallest absolute Gasteiger partial charge is 0.259 e. The maximum atomic E-state index is 12.6. The lowest BCUT2D eigenvalue weighted by atomic mass is 10.1. The van der Waals surface area contributed by atoms with Crippen molar-refractivity contribution in [3.8, 4) is 11.3 Å². The molecule has 4 rings (SSSR count). The van der Waals surface area contributed by atoms with Gasteiger partial charge in [0, 0.05) is 23.6 Å². The molecule has 0 radical (unpaired) electrons. The lowest BCUT2D eigenvalue weighted by Gasteiger charge is -2.09. The third-order valence-electron chi connectivity index (χ3n) is 4.43. The van der Waals surface area contributed by atoms with Crippen LogP contribution >= 0.6 is 0 Å². The molecule has 0 aliphatic heterocycles. The van der Waals surface area contributed by atoms with Crippen molar-refractivity contribution >= 4 is 17.2 Å².